The molecule has 1 amide bonds. The summed E-state index contributed by atoms with van der Waals surface area (Å²) in [5.41, 5.74) is 1.25. The molecule has 0 radical (unpaired) electrons. The summed E-state index contributed by atoms with van der Waals surface area (Å²) < 4.78 is 0. The zero-order valence-electron chi connectivity index (χ0n) is 14.7. The Morgan fingerprint density at radius 2 is 1.78 bits per heavy atom. The molecule has 2 N–H and O–H groups in total. The van der Waals surface area contributed by atoms with Crippen LogP contribution < -0.4 is 5.32 Å². The third kappa shape index (κ3) is 6.12. The molecule has 0 fully saturated rings. The highest BCUT2D eigenvalue weighted by atomic mass is 16.3. The van der Waals surface area contributed by atoms with Crippen molar-refractivity contribution in [2.24, 2.45) is 5.41 Å². The summed E-state index contributed by atoms with van der Waals surface area (Å²) in [5.74, 6) is -0.0836. The molecule has 5 heteroatoms. The van der Waals surface area contributed by atoms with Crippen LogP contribution in [-0.2, 0) is 4.79 Å². The average Bonchev–Trinajstić information content (AvgIpc) is 2.45. The fraction of sp³-hybridized carbons (Fsp3) is 0.556. The fourth-order valence-electron chi connectivity index (χ4n) is 2.52. The standard InChI is InChI=1S/C18H28N2O3/c1-13(22)14-6-8-15(9-7-14)19-17(23)10-11-20(5)16(12-21)18(2,3)4/h6-9,16,21H,10-12H2,1-5H3,(H,19,23). The van der Waals surface area contributed by atoms with Crippen molar-refractivity contribution in [2.45, 2.75) is 40.2 Å². The quantitative estimate of drug-likeness (QED) is 0.758. The van der Waals surface area contributed by atoms with Gasteiger partial charge in [0.25, 0.3) is 0 Å². The summed E-state index contributed by atoms with van der Waals surface area (Å²) in [5, 5.41) is 12.4. The van der Waals surface area contributed by atoms with Gasteiger partial charge in [-0.3, -0.25) is 9.59 Å². The smallest absolute Gasteiger partial charge is 0.225 e. The van der Waals surface area contributed by atoms with Crippen LogP contribution in [-0.4, -0.2) is 47.9 Å². The molecular formula is C18H28N2O3. The lowest BCUT2D eigenvalue weighted by Crippen LogP contribution is -2.45. The minimum Gasteiger partial charge on any atom is -0.395 e. The average molecular weight is 320 g/mol. The molecule has 0 aliphatic carbocycles. The van der Waals surface area contributed by atoms with Crippen LogP contribution in [0.15, 0.2) is 24.3 Å². The van der Waals surface area contributed by atoms with Crippen molar-refractivity contribution in [3.05, 3.63) is 29.8 Å². The number of carbonyl (C=O) groups is 2. The van der Waals surface area contributed by atoms with E-state index in [1.807, 2.05) is 11.9 Å². The maximum absolute atomic E-state index is 12.0. The molecule has 0 bridgehead atoms. The van der Waals surface area contributed by atoms with Gasteiger partial charge in [-0.25, -0.2) is 0 Å². The molecule has 0 aliphatic heterocycles. The Balaban J connectivity index is 2.52. The van der Waals surface area contributed by atoms with Gasteiger partial charge in [-0.1, -0.05) is 20.8 Å². The SMILES string of the molecule is CC(=O)c1ccc(NC(=O)CCN(C)C(CO)C(C)(C)C)cc1. The minimum atomic E-state index is -0.0852. The van der Waals surface area contributed by atoms with Crippen molar-refractivity contribution >= 4 is 17.4 Å². The second-order valence-corrected chi connectivity index (χ2v) is 6.98. The summed E-state index contributed by atoms with van der Waals surface area (Å²) >= 11 is 0. The Hall–Kier alpha value is -1.72. The number of hydrogen-bond acceptors (Lipinski definition) is 4. The van der Waals surface area contributed by atoms with Gasteiger partial charge in [-0.15, -0.1) is 0 Å². The van der Waals surface area contributed by atoms with E-state index in [0.717, 1.165) is 0 Å². The summed E-state index contributed by atoms with van der Waals surface area (Å²) in [7, 11) is 1.92. The summed E-state index contributed by atoms with van der Waals surface area (Å²) in [6.07, 6.45) is 0.345. The van der Waals surface area contributed by atoms with Crippen LogP contribution in [0.25, 0.3) is 0 Å². The van der Waals surface area contributed by atoms with Crippen LogP contribution >= 0.6 is 0 Å². The van der Waals surface area contributed by atoms with Gasteiger partial charge in [-0.05, 0) is 43.7 Å². The fourth-order valence-corrected chi connectivity index (χ4v) is 2.52. The Morgan fingerprint density at radius 3 is 2.22 bits per heavy atom. The highest BCUT2D eigenvalue weighted by molar-refractivity contribution is 5.95. The van der Waals surface area contributed by atoms with Gasteiger partial charge in [0.1, 0.15) is 0 Å². The molecule has 1 aromatic rings. The molecule has 1 rings (SSSR count). The number of nitrogens with zero attached hydrogens (tertiary/aromatic N) is 1. The largest absolute Gasteiger partial charge is 0.395 e. The van der Waals surface area contributed by atoms with Crippen molar-refractivity contribution in [3.63, 3.8) is 0 Å². The van der Waals surface area contributed by atoms with E-state index in [1.54, 1.807) is 24.3 Å². The molecule has 5 nitrogen and oxygen atoms in total. The lowest BCUT2D eigenvalue weighted by atomic mass is 9.86. The van der Waals surface area contributed by atoms with Gasteiger partial charge in [0.2, 0.25) is 5.91 Å². The van der Waals surface area contributed by atoms with E-state index in [-0.39, 0.29) is 29.8 Å². The number of benzene rings is 1. The zero-order valence-corrected chi connectivity index (χ0v) is 14.7. The normalized spacial score (nSPS) is 13.0. The van der Waals surface area contributed by atoms with E-state index < -0.39 is 0 Å². The number of nitrogens with one attached hydrogen (secondary N) is 1. The van der Waals surface area contributed by atoms with Crippen molar-refractivity contribution < 1.29 is 14.7 Å². The summed E-state index contributed by atoms with van der Waals surface area (Å²) in [6, 6.07) is 6.86. The Kier molecular flexibility index (Phi) is 6.91. The lowest BCUT2D eigenvalue weighted by molar-refractivity contribution is -0.116. The maximum Gasteiger partial charge on any atom is 0.225 e. The van der Waals surface area contributed by atoms with E-state index in [4.69, 9.17) is 0 Å². The lowest BCUT2D eigenvalue weighted by Gasteiger charge is -2.36. The Bertz CT molecular complexity index is 532. The predicted molar refractivity (Wildman–Crippen MR) is 92.7 cm³/mol. The molecule has 0 spiro atoms. The first-order chi connectivity index (χ1) is 10.6. The van der Waals surface area contributed by atoms with E-state index in [0.29, 0.717) is 24.2 Å². The third-order valence-corrected chi connectivity index (χ3v) is 3.97. The van der Waals surface area contributed by atoms with E-state index in [9.17, 15) is 14.7 Å². The van der Waals surface area contributed by atoms with Crippen molar-refractivity contribution in [1.29, 1.82) is 0 Å². The van der Waals surface area contributed by atoms with Crippen LogP contribution in [0.4, 0.5) is 5.69 Å². The van der Waals surface area contributed by atoms with E-state index >= 15 is 0 Å². The van der Waals surface area contributed by atoms with Gasteiger partial charge in [-0.2, -0.15) is 0 Å². The van der Waals surface area contributed by atoms with Crippen molar-refractivity contribution in [1.82, 2.24) is 4.90 Å². The van der Waals surface area contributed by atoms with Crippen LogP contribution in [0.2, 0.25) is 0 Å². The van der Waals surface area contributed by atoms with Crippen LogP contribution in [0.5, 0.6) is 0 Å². The number of hydrogen-bond donors (Lipinski definition) is 2. The number of likely N-dealkylation sites (N-methyl/N-ethyl adjacent to an activating group) is 1. The van der Waals surface area contributed by atoms with Gasteiger partial charge in [0, 0.05) is 30.3 Å². The topological polar surface area (TPSA) is 69.6 Å². The highest BCUT2D eigenvalue weighted by Crippen LogP contribution is 2.23. The molecule has 1 atom stereocenters. The van der Waals surface area contributed by atoms with Crippen LogP contribution in [0.1, 0.15) is 44.5 Å². The first-order valence-corrected chi connectivity index (χ1v) is 7.87. The molecule has 128 valence electrons. The molecular weight excluding hydrogens is 292 g/mol. The van der Waals surface area contributed by atoms with Crippen LogP contribution in [0, 0.1) is 5.41 Å². The van der Waals surface area contributed by atoms with E-state index in [2.05, 4.69) is 26.1 Å². The Labute approximate surface area is 138 Å². The third-order valence-electron chi connectivity index (χ3n) is 3.97. The number of Topliss-reactive ketones (excluding diaryl/α,β-unsaturated/α-hetero) is 1. The minimum absolute atomic E-state index is 0.00160. The highest BCUT2D eigenvalue weighted by Gasteiger charge is 2.27. The Morgan fingerprint density at radius 1 is 1.22 bits per heavy atom. The molecule has 1 unspecified atom stereocenters. The van der Waals surface area contributed by atoms with Gasteiger partial charge < -0.3 is 15.3 Å². The number of rotatable bonds is 7. The number of anilines is 1. The van der Waals surface area contributed by atoms with Gasteiger partial charge in [0.15, 0.2) is 5.78 Å². The zero-order chi connectivity index (χ0) is 17.6. The monoisotopic (exact) mass is 320 g/mol. The van der Waals surface area contributed by atoms with Gasteiger partial charge in [0.05, 0.1) is 6.61 Å². The second-order valence-electron chi connectivity index (χ2n) is 6.98. The number of amides is 1. The molecule has 1 aromatic carbocycles. The number of ketones is 1. The first-order valence-electron chi connectivity index (χ1n) is 7.87. The first kappa shape index (κ1) is 19.3. The number of aliphatic hydroxyl groups excluding tert-OH is 1. The summed E-state index contributed by atoms with van der Waals surface area (Å²) in [6.45, 7) is 8.35. The van der Waals surface area contributed by atoms with Gasteiger partial charge >= 0.3 is 0 Å². The molecule has 0 saturated heterocycles. The molecule has 0 saturated carbocycles. The van der Waals surface area contributed by atoms with Crippen molar-refractivity contribution in [3.8, 4) is 0 Å². The second kappa shape index (κ2) is 8.22. The molecule has 0 aliphatic rings. The maximum atomic E-state index is 12.0. The van der Waals surface area contributed by atoms with E-state index in [1.165, 1.54) is 6.92 Å². The summed E-state index contributed by atoms with van der Waals surface area (Å²) in [4.78, 5) is 25.3. The van der Waals surface area contributed by atoms with Crippen molar-refractivity contribution in [2.75, 3.05) is 25.5 Å². The molecule has 0 heterocycles. The predicted octanol–water partition coefficient (Wildman–Crippen LogP) is 2.56. The number of carbonyl (C=O) groups excluding carboxylic acids is 2. The number of aliphatic hydroxyl groups is 1. The molecule has 0 aromatic heterocycles. The van der Waals surface area contributed by atoms with Crippen LogP contribution in [0.3, 0.4) is 0 Å². The molecule has 23 heavy (non-hydrogen) atoms.